The zero-order chi connectivity index (χ0) is 12.5. The number of rotatable bonds is 2. The van der Waals surface area contributed by atoms with Crippen LogP contribution in [0.15, 0.2) is 29.4 Å². The van der Waals surface area contributed by atoms with Gasteiger partial charge in [-0.25, -0.2) is 4.68 Å². The molecule has 0 bridgehead atoms. The number of benzene rings is 1. The first-order valence-electron chi connectivity index (χ1n) is 5.87. The number of aryl methyl sites for hydroxylation is 1. The molecular formula is C12H13ClN4S. The van der Waals surface area contributed by atoms with Crippen molar-refractivity contribution in [2.45, 2.75) is 24.5 Å². The third-order valence-corrected chi connectivity index (χ3v) is 4.23. The number of nitrogens with zero attached hydrogens (tertiary/aromatic N) is 3. The van der Waals surface area contributed by atoms with Gasteiger partial charge in [-0.1, -0.05) is 42.4 Å². The molecule has 4 nitrogen and oxygen atoms in total. The normalized spacial score (nSPS) is 18.2. The van der Waals surface area contributed by atoms with Gasteiger partial charge in [0.1, 0.15) is 0 Å². The number of nitrogens with one attached hydrogen (secondary N) is 1. The lowest BCUT2D eigenvalue weighted by Crippen LogP contribution is -2.29. The molecule has 3 rings (SSSR count). The Morgan fingerprint density at radius 3 is 2.89 bits per heavy atom. The van der Waals surface area contributed by atoms with Crippen LogP contribution in [-0.4, -0.2) is 20.6 Å². The lowest BCUT2D eigenvalue weighted by Gasteiger charge is -2.26. The second-order valence-electron chi connectivity index (χ2n) is 4.13. The molecule has 1 unspecified atom stereocenters. The van der Waals surface area contributed by atoms with Gasteiger partial charge in [-0.3, -0.25) is 0 Å². The maximum atomic E-state index is 5.91. The number of aromatic nitrogens is 3. The van der Waals surface area contributed by atoms with Gasteiger partial charge >= 0.3 is 0 Å². The fraction of sp³-hybridized carbons (Fsp3) is 0.333. The highest BCUT2D eigenvalue weighted by atomic mass is 35.5. The van der Waals surface area contributed by atoms with Crippen molar-refractivity contribution in [2.24, 2.45) is 0 Å². The van der Waals surface area contributed by atoms with E-state index in [1.807, 2.05) is 16.8 Å². The lowest BCUT2D eigenvalue weighted by atomic mass is 10.1. The van der Waals surface area contributed by atoms with Gasteiger partial charge in [-0.05, 0) is 17.7 Å². The Bertz CT molecular complexity index is 538. The molecule has 1 aliphatic heterocycles. The number of hydrogen-bond acceptors (Lipinski definition) is 4. The van der Waals surface area contributed by atoms with Crippen LogP contribution in [0.1, 0.15) is 24.4 Å². The molecule has 0 aliphatic carbocycles. The first-order chi connectivity index (χ1) is 8.78. The van der Waals surface area contributed by atoms with Crippen LogP contribution in [0.3, 0.4) is 0 Å². The van der Waals surface area contributed by atoms with E-state index < -0.39 is 0 Å². The minimum Gasteiger partial charge on any atom is -0.314 e. The molecule has 1 aromatic carbocycles. The summed E-state index contributed by atoms with van der Waals surface area (Å²) in [6.45, 7) is 2.08. The SMILES string of the molecule is CCc1nnc2n1NC(c1ccc(Cl)cc1)CS2. The summed E-state index contributed by atoms with van der Waals surface area (Å²) >= 11 is 7.64. The van der Waals surface area contributed by atoms with Crippen molar-refractivity contribution in [1.82, 2.24) is 14.9 Å². The molecule has 0 fully saturated rings. The Kier molecular flexibility index (Phi) is 3.18. The first-order valence-corrected chi connectivity index (χ1v) is 7.23. The summed E-state index contributed by atoms with van der Waals surface area (Å²) in [4.78, 5) is 0. The van der Waals surface area contributed by atoms with Gasteiger partial charge in [0, 0.05) is 17.2 Å². The summed E-state index contributed by atoms with van der Waals surface area (Å²) in [6, 6.07) is 8.22. The van der Waals surface area contributed by atoms with E-state index in [0.717, 1.165) is 28.2 Å². The van der Waals surface area contributed by atoms with E-state index >= 15 is 0 Å². The summed E-state index contributed by atoms with van der Waals surface area (Å²) in [5.41, 5.74) is 4.69. The van der Waals surface area contributed by atoms with Crippen molar-refractivity contribution in [3.8, 4) is 0 Å². The molecule has 0 radical (unpaired) electrons. The monoisotopic (exact) mass is 280 g/mol. The smallest absolute Gasteiger partial charge is 0.210 e. The van der Waals surface area contributed by atoms with Crippen molar-refractivity contribution in [1.29, 1.82) is 0 Å². The minimum atomic E-state index is 0.265. The predicted octanol–water partition coefficient (Wildman–Crippen LogP) is 2.88. The highest BCUT2D eigenvalue weighted by Gasteiger charge is 2.23. The largest absolute Gasteiger partial charge is 0.314 e. The van der Waals surface area contributed by atoms with Crippen LogP contribution in [0.2, 0.25) is 5.02 Å². The molecule has 0 amide bonds. The molecule has 0 spiro atoms. The van der Waals surface area contributed by atoms with Crippen LogP contribution in [-0.2, 0) is 6.42 Å². The average molecular weight is 281 g/mol. The number of thioether (sulfide) groups is 1. The van der Waals surface area contributed by atoms with Crippen molar-refractivity contribution in [3.05, 3.63) is 40.7 Å². The second kappa shape index (κ2) is 4.82. The summed E-state index contributed by atoms with van der Waals surface area (Å²) < 4.78 is 1.99. The zero-order valence-electron chi connectivity index (χ0n) is 9.93. The second-order valence-corrected chi connectivity index (χ2v) is 5.56. The molecule has 0 saturated carbocycles. The Morgan fingerprint density at radius 1 is 1.39 bits per heavy atom. The summed E-state index contributed by atoms with van der Waals surface area (Å²) in [7, 11) is 0. The van der Waals surface area contributed by atoms with Gasteiger partial charge in [-0.2, -0.15) is 0 Å². The Labute approximate surface area is 115 Å². The molecule has 94 valence electrons. The molecule has 2 aromatic rings. The Morgan fingerprint density at radius 2 is 2.17 bits per heavy atom. The number of fused-ring (bicyclic) bond motifs is 1. The standard InChI is InChI=1S/C12H13ClN4S/c1-2-11-14-15-12-17(11)16-10(7-18-12)8-3-5-9(13)6-4-8/h3-6,10,16H,2,7H2,1H3. The fourth-order valence-corrected chi connectivity index (χ4v) is 3.06. The first kappa shape index (κ1) is 11.9. The average Bonchev–Trinajstić information content (AvgIpc) is 2.81. The fourth-order valence-electron chi connectivity index (χ4n) is 1.97. The van der Waals surface area contributed by atoms with Crippen molar-refractivity contribution >= 4 is 23.4 Å². The predicted molar refractivity (Wildman–Crippen MR) is 73.7 cm³/mol. The van der Waals surface area contributed by atoms with E-state index in [0.29, 0.717) is 0 Å². The van der Waals surface area contributed by atoms with E-state index in [9.17, 15) is 0 Å². The van der Waals surface area contributed by atoms with Crippen LogP contribution >= 0.6 is 23.4 Å². The molecular weight excluding hydrogens is 268 g/mol. The molecule has 0 saturated heterocycles. The molecule has 2 heterocycles. The summed E-state index contributed by atoms with van der Waals surface area (Å²) in [6.07, 6.45) is 0.869. The zero-order valence-corrected chi connectivity index (χ0v) is 11.5. The van der Waals surface area contributed by atoms with Gasteiger partial charge in [0.2, 0.25) is 5.16 Å². The third kappa shape index (κ3) is 2.08. The number of hydrogen-bond donors (Lipinski definition) is 1. The van der Waals surface area contributed by atoms with Crippen molar-refractivity contribution in [3.63, 3.8) is 0 Å². The van der Waals surface area contributed by atoms with E-state index in [1.54, 1.807) is 11.8 Å². The van der Waals surface area contributed by atoms with Crippen LogP contribution < -0.4 is 5.43 Å². The Hall–Kier alpha value is -1.20. The highest BCUT2D eigenvalue weighted by Crippen LogP contribution is 2.30. The van der Waals surface area contributed by atoms with Crippen LogP contribution in [0.4, 0.5) is 0 Å². The number of halogens is 1. The minimum absolute atomic E-state index is 0.265. The van der Waals surface area contributed by atoms with E-state index in [4.69, 9.17) is 11.6 Å². The van der Waals surface area contributed by atoms with Gasteiger partial charge in [-0.15, -0.1) is 10.2 Å². The molecule has 6 heteroatoms. The van der Waals surface area contributed by atoms with Crippen molar-refractivity contribution < 1.29 is 0 Å². The topological polar surface area (TPSA) is 42.7 Å². The molecule has 1 aromatic heterocycles. The van der Waals surface area contributed by atoms with Gasteiger partial charge in [0.05, 0.1) is 6.04 Å². The van der Waals surface area contributed by atoms with Gasteiger partial charge < -0.3 is 5.43 Å². The van der Waals surface area contributed by atoms with Crippen molar-refractivity contribution in [2.75, 3.05) is 11.2 Å². The quantitative estimate of drug-likeness (QED) is 0.919. The third-order valence-electron chi connectivity index (χ3n) is 2.95. The van der Waals surface area contributed by atoms with Gasteiger partial charge in [0.15, 0.2) is 5.82 Å². The molecule has 1 aliphatic rings. The summed E-state index contributed by atoms with van der Waals surface area (Å²) in [5.74, 6) is 1.92. The van der Waals surface area contributed by atoms with Crippen LogP contribution in [0, 0.1) is 0 Å². The van der Waals surface area contributed by atoms with E-state index in [1.165, 1.54) is 5.56 Å². The molecule has 18 heavy (non-hydrogen) atoms. The summed E-state index contributed by atoms with van der Waals surface area (Å²) in [5, 5.41) is 10.0. The lowest BCUT2D eigenvalue weighted by molar-refractivity contribution is 0.636. The van der Waals surface area contributed by atoms with Crippen LogP contribution in [0.25, 0.3) is 0 Å². The molecule has 1 atom stereocenters. The van der Waals surface area contributed by atoms with Crippen LogP contribution in [0.5, 0.6) is 0 Å². The Balaban J connectivity index is 1.87. The highest BCUT2D eigenvalue weighted by molar-refractivity contribution is 7.99. The maximum absolute atomic E-state index is 5.91. The van der Waals surface area contributed by atoms with E-state index in [-0.39, 0.29) is 6.04 Å². The maximum Gasteiger partial charge on any atom is 0.210 e. The van der Waals surface area contributed by atoms with E-state index in [2.05, 4.69) is 34.7 Å². The van der Waals surface area contributed by atoms with Gasteiger partial charge in [0.25, 0.3) is 0 Å². The molecule has 1 N–H and O–H groups in total.